The highest BCUT2D eigenvalue weighted by Crippen LogP contribution is 2.28. The van der Waals surface area contributed by atoms with Crippen LogP contribution in [0.1, 0.15) is 31.5 Å². The van der Waals surface area contributed by atoms with Crippen LogP contribution < -0.4 is 16.0 Å². The molecular formula is C13H21N5. The van der Waals surface area contributed by atoms with Crippen LogP contribution in [-0.4, -0.2) is 35.1 Å². The summed E-state index contributed by atoms with van der Waals surface area (Å²) in [5.41, 5.74) is 5.83. The molecule has 0 aromatic carbocycles. The van der Waals surface area contributed by atoms with Crippen LogP contribution in [0.25, 0.3) is 0 Å². The summed E-state index contributed by atoms with van der Waals surface area (Å²) in [5.74, 6) is 2.82. The van der Waals surface area contributed by atoms with Crippen LogP contribution in [0.4, 0.5) is 11.6 Å². The second-order valence-electron chi connectivity index (χ2n) is 5.30. The molecule has 3 rings (SSSR count). The normalized spacial score (nSPS) is 23.4. The second-order valence-corrected chi connectivity index (χ2v) is 5.30. The Bertz CT molecular complexity index is 429. The zero-order valence-electron chi connectivity index (χ0n) is 10.9. The standard InChI is InChI=1S/C13H21N5/c1-9-15-12(17-10-4-5-10)7-13(16-9)18-6-2-3-11(18)8-14/h7,10-11H,2-6,8,14H2,1H3,(H,15,16,17). The van der Waals surface area contributed by atoms with Crippen molar-refractivity contribution in [3.8, 4) is 0 Å². The SMILES string of the molecule is Cc1nc(NC2CC2)cc(N2CCCC2CN)n1. The molecule has 1 unspecified atom stereocenters. The number of nitrogens with one attached hydrogen (secondary N) is 1. The van der Waals surface area contributed by atoms with Gasteiger partial charge in [-0.3, -0.25) is 0 Å². The smallest absolute Gasteiger partial charge is 0.134 e. The van der Waals surface area contributed by atoms with E-state index >= 15 is 0 Å². The van der Waals surface area contributed by atoms with Crippen molar-refractivity contribution in [1.82, 2.24) is 9.97 Å². The predicted octanol–water partition coefficient (Wildman–Crippen LogP) is 1.29. The number of nitrogens with zero attached hydrogens (tertiary/aromatic N) is 3. The van der Waals surface area contributed by atoms with Crippen LogP contribution in [0.3, 0.4) is 0 Å². The number of nitrogens with two attached hydrogens (primary N) is 1. The molecule has 1 aliphatic carbocycles. The van der Waals surface area contributed by atoms with Gasteiger partial charge in [-0.2, -0.15) is 0 Å². The van der Waals surface area contributed by atoms with Crippen molar-refractivity contribution >= 4 is 11.6 Å². The van der Waals surface area contributed by atoms with Crippen molar-refractivity contribution in [2.75, 3.05) is 23.3 Å². The maximum atomic E-state index is 5.83. The number of hydrogen-bond acceptors (Lipinski definition) is 5. The zero-order chi connectivity index (χ0) is 12.5. The minimum atomic E-state index is 0.438. The zero-order valence-corrected chi connectivity index (χ0v) is 10.9. The fourth-order valence-corrected chi connectivity index (χ4v) is 2.59. The van der Waals surface area contributed by atoms with Crippen molar-refractivity contribution in [2.45, 2.75) is 44.7 Å². The van der Waals surface area contributed by atoms with Crippen molar-refractivity contribution in [3.63, 3.8) is 0 Å². The monoisotopic (exact) mass is 247 g/mol. The van der Waals surface area contributed by atoms with Crippen LogP contribution in [0.5, 0.6) is 0 Å². The molecule has 1 aromatic heterocycles. The lowest BCUT2D eigenvalue weighted by atomic mass is 10.2. The molecular weight excluding hydrogens is 226 g/mol. The van der Waals surface area contributed by atoms with E-state index in [4.69, 9.17) is 5.73 Å². The van der Waals surface area contributed by atoms with Gasteiger partial charge < -0.3 is 16.0 Å². The van der Waals surface area contributed by atoms with Gasteiger partial charge in [-0.15, -0.1) is 0 Å². The molecule has 18 heavy (non-hydrogen) atoms. The molecule has 5 nitrogen and oxygen atoms in total. The molecule has 98 valence electrons. The fourth-order valence-electron chi connectivity index (χ4n) is 2.59. The molecule has 2 heterocycles. The minimum absolute atomic E-state index is 0.438. The maximum Gasteiger partial charge on any atom is 0.134 e. The van der Waals surface area contributed by atoms with Crippen LogP contribution in [-0.2, 0) is 0 Å². The van der Waals surface area contributed by atoms with Crippen LogP contribution in [0.2, 0.25) is 0 Å². The van der Waals surface area contributed by atoms with Gasteiger partial charge >= 0.3 is 0 Å². The molecule has 1 saturated heterocycles. The summed E-state index contributed by atoms with van der Waals surface area (Å²) in [6, 6.07) is 3.13. The Kier molecular flexibility index (Phi) is 3.07. The van der Waals surface area contributed by atoms with Crippen LogP contribution in [0.15, 0.2) is 6.07 Å². The molecule has 2 aliphatic rings. The van der Waals surface area contributed by atoms with E-state index in [1.54, 1.807) is 0 Å². The highest BCUT2D eigenvalue weighted by Gasteiger charge is 2.26. The third-order valence-corrected chi connectivity index (χ3v) is 3.70. The molecule has 1 saturated carbocycles. The van der Waals surface area contributed by atoms with E-state index in [0.717, 1.165) is 24.0 Å². The summed E-state index contributed by atoms with van der Waals surface area (Å²) >= 11 is 0. The summed E-state index contributed by atoms with van der Waals surface area (Å²) in [5, 5.41) is 3.44. The van der Waals surface area contributed by atoms with Gasteiger partial charge in [-0.1, -0.05) is 0 Å². The first-order valence-corrected chi connectivity index (χ1v) is 6.85. The number of rotatable bonds is 4. The Hall–Kier alpha value is -1.36. The van der Waals surface area contributed by atoms with Crippen LogP contribution in [0, 0.1) is 6.92 Å². The van der Waals surface area contributed by atoms with E-state index < -0.39 is 0 Å². The Labute approximate surface area is 108 Å². The van der Waals surface area contributed by atoms with Gasteiger partial charge in [0.25, 0.3) is 0 Å². The molecule has 0 radical (unpaired) electrons. The number of aromatic nitrogens is 2. The first-order chi connectivity index (χ1) is 8.76. The van der Waals surface area contributed by atoms with Gasteiger partial charge in [0.05, 0.1) is 0 Å². The Morgan fingerprint density at radius 1 is 1.39 bits per heavy atom. The van der Waals surface area contributed by atoms with Crippen molar-refractivity contribution in [2.24, 2.45) is 5.73 Å². The Morgan fingerprint density at radius 3 is 2.94 bits per heavy atom. The molecule has 2 fully saturated rings. The molecule has 1 aromatic rings. The summed E-state index contributed by atoms with van der Waals surface area (Å²) in [6.07, 6.45) is 4.89. The van der Waals surface area contributed by atoms with Gasteiger partial charge in [0.1, 0.15) is 17.5 Å². The van der Waals surface area contributed by atoms with E-state index in [1.165, 1.54) is 25.7 Å². The Morgan fingerprint density at radius 2 is 2.22 bits per heavy atom. The molecule has 5 heteroatoms. The van der Waals surface area contributed by atoms with Crippen LogP contribution >= 0.6 is 0 Å². The van der Waals surface area contributed by atoms with E-state index in [-0.39, 0.29) is 0 Å². The molecule has 1 aliphatic heterocycles. The second kappa shape index (κ2) is 4.72. The van der Waals surface area contributed by atoms with E-state index in [0.29, 0.717) is 18.6 Å². The van der Waals surface area contributed by atoms with Crippen molar-refractivity contribution in [1.29, 1.82) is 0 Å². The molecule has 0 spiro atoms. The summed E-state index contributed by atoms with van der Waals surface area (Å²) < 4.78 is 0. The average molecular weight is 247 g/mol. The van der Waals surface area contributed by atoms with Gasteiger partial charge in [0, 0.05) is 31.2 Å². The highest BCUT2D eigenvalue weighted by atomic mass is 15.2. The Balaban J connectivity index is 1.83. The van der Waals surface area contributed by atoms with E-state index in [9.17, 15) is 0 Å². The van der Waals surface area contributed by atoms with Gasteiger partial charge in [0.15, 0.2) is 0 Å². The maximum absolute atomic E-state index is 5.83. The number of aryl methyl sites for hydroxylation is 1. The minimum Gasteiger partial charge on any atom is -0.367 e. The van der Waals surface area contributed by atoms with Crippen molar-refractivity contribution < 1.29 is 0 Å². The summed E-state index contributed by atoms with van der Waals surface area (Å²) in [4.78, 5) is 11.3. The lowest BCUT2D eigenvalue weighted by molar-refractivity contribution is 0.670. The molecule has 3 N–H and O–H groups in total. The lowest BCUT2D eigenvalue weighted by Crippen LogP contribution is -2.36. The summed E-state index contributed by atoms with van der Waals surface area (Å²) in [7, 11) is 0. The molecule has 0 amide bonds. The third kappa shape index (κ3) is 2.41. The predicted molar refractivity (Wildman–Crippen MR) is 72.8 cm³/mol. The van der Waals surface area contributed by atoms with E-state index in [1.807, 2.05) is 6.92 Å². The van der Waals surface area contributed by atoms with Crippen molar-refractivity contribution in [3.05, 3.63) is 11.9 Å². The third-order valence-electron chi connectivity index (χ3n) is 3.70. The number of anilines is 2. The van der Waals surface area contributed by atoms with Gasteiger partial charge in [-0.25, -0.2) is 9.97 Å². The quantitative estimate of drug-likeness (QED) is 0.839. The van der Waals surface area contributed by atoms with Gasteiger partial charge in [-0.05, 0) is 32.6 Å². The lowest BCUT2D eigenvalue weighted by Gasteiger charge is -2.25. The average Bonchev–Trinajstić information content (AvgIpc) is 3.03. The largest absolute Gasteiger partial charge is 0.367 e. The first-order valence-electron chi connectivity index (χ1n) is 6.85. The fraction of sp³-hybridized carbons (Fsp3) is 0.692. The molecule has 0 bridgehead atoms. The number of hydrogen-bond donors (Lipinski definition) is 2. The first kappa shape index (κ1) is 11.7. The van der Waals surface area contributed by atoms with Gasteiger partial charge in [0.2, 0.25) is 0 Å². The highest BCUT2D eigenvalue weighted by molar-refractivity contribution is 5.51. The molecule has 1 atom stereocenters. The van der Waals surface area contributed by atoms with E-state index in [2.05, 4.69) is 26.3 Å². The summed E-state index contributed by atoms with van der Waals surface area (Å²) in [6.45, 7) is 3.71. The topological polar surface area (TPSA) is 67.1 Å².